The van der Waals surface area contributed by atoms with Crippen LogP contribution in [0.15, 0.2) is 18.2 Å². The van der Waals surface area contributed by atoms with Gasteiger partial charge in [-0.15, -0.1) is 0 Å². The molecular formula is C20H27NO6. The topological polar surface area (TPSA) is 75.3 Å². The summed E-state index contributed by atoms with van der Waals surface area (Å²) in [5.74, 6) is -1.93. The Morgan fingerprint density at radius 1 is 0.852 bits per heavy atom. The summed E-state index contributed by atoms with van der Waals surface area (Å²) in [4.78, 5) is 13.0. The van der Waals surface area contributed by atoms with Gasteiger partial charge in [-0.25, -0.2) is 0 Å². The average molecular weight is 377 g/mol. The summed E-state index contributed by atoms with van der Waals surface area (Å²) in [6.07, 6.45) is -3.03. The predicted molar refractivity (Wildman–Crippen MR) is 97.1 cm³/mol. The van der Waals surface area contributed by atoms with Crippen LogP contribution in [0, 0.1) is 13.8 Å². The lowest BCUT2D eigenvalue weighted by Crippen LogP contribution is -2.58. The average Bonchev–Trinajstić information content (AvgIpc) is 2.99. The van der Waals surface area contributed by atoms with Crippen molar-refractivity contribution in [3.8, 4) is 0 Å². The van der Waals surface area contributed by atoms with Gasteiger partial charge in [-0.05, 0) is 64.8 Å². The first-order valence-corrected chi connectivity index (χ1v) is 9.29. The molecule has 148 valence electrons. The third-order valence-electron chi connectivity index (χ3n) is 4.90. The molecule has 7 nitrogen and oxygen atoms in total. The summed E-state index contributed by atoms with van der Waals surface area (Å²) >= 11 is 0. The van der Waals surface area contributed by atoms with Gasteiger partial charge in [0.1, 0.15) is 18.3 Å². The maximum atomic E-state index is 13.0. The number of aryl methyl sites for hydroxylation is 2. The molecule has 1 aromatic carbocycles. The Balaban J connectivity index is 1.59. The highest BCUT2D eigenvalue weighted by atomic mass is 16.9. The monoisotopic (exact) mass is 377 g/mol. The van der Waals surface area contributed by atoms with E-state index < -0.39 is 42.3 Å². The number of benzene rings is 1. The molecule has 0 saturated carbocycles. The Hall–Kier alpha value is -1.51. The maximum Gasteiger partial charge on any atom is 0.256 e. The van der Waals surface area contributed by atoms with Crippen molar-refractivity contribution in [2.24, 2.45) is 0 Å². The number of nitrogens with one attached hydrogen (secondary N) is 1. The number of fused-ring (bicyclic) bond motifs is 3. The molecule has 3 aliphatic rings. The first-order chi connectivity index (χ1) is 12.5. The van der Waals surface area contributed by atoms with Crippen molar-refractivity contribution in [2.75, 3.05) is 5.32 Å². The first-order valence-electron chi connectivity index (χ1n) is 9.29. The molecule has 0 aromatic heterocycles. The molecule has 0 spiro atoms. The molecule has 1 N–H and O–H groups in total. The zero-order valence-corrected chi connectivity index (χ0v) is 16.6. The second-order valence-corrected chi connectivity index (χ2v) is 8.46. The van der Waals surface area contributed by atoms with Crippen molar-refractivity contribution in [3.05, 3.63) is 29.3 Å². The van der Waals surface area contributed by atoms with Crippen LogP contribution in [0.25, 0.3) is 0 Å². The lowest BCUT2D eigenvalue weighted by Gasteiger charge is -2.36. The molecule has 5 atom stereocenters. The van der Waals surface area contributed by atoms with Gasteiger partial charge in [-0.2, -0.15) is 0 Å². The van der Waals surface area contributed by atoms with Crippen molar-refractivity contribution in [1.29, 1.82) is 0 Å². The molecule has 0 bridgehead atoms. The Labute approximate surface area is 159 Å². The number of carbonyl (C=O) groups is 1. The number of rotatable bonds is 2. The van der Waals surface area contributed by atoms with Crippen molar-refractivity contribution in [3.63, 3.8) is 0 Å². The molecule has 4 rings (SSSR count). The van der Waals surface area contributed by atoms with E-state index >= 15 is 0 Å². The van der Waals surface area contributed by atoms with Crippen LogP contribution >= 0.6 is 0 Å². The molecule has 7 heteroatoms. The highest BCUT2D eigenvalue weighted by molar-refractivity contribution is 5.95. The first kappa shape index (κ1) is 18.8. The largest absolute Gasteiger partial charge is 0.342 e. The molecule has 3 heterocycles. The minimum Gasteiger partial charge on any atom is -0.342 e. The molecule has 3 fully saturated rings. The maximum absolute atomic E-state index is 13.0. The number of carbonyl (C=O) groups excluding carboxylic acids is 1. The highest BCUT2D eigenvalue weighted by Crippen LogP contribution is 2.44. The highest BCUT2D eigenvalue weighted by Gasteiger charge is 2.62. The summed E-state index contributed by atoms with van der Waals surface area (Å²) in [5.41, 5.74) is 2.87. The van der Waals surface area contributed by atoms with Crippen LogP contribution in [0.1, 0.15) is 38.8 Å². The van der Waals surface area contributed by atoms with Gasteiger partial charge in [0.15, 0.2) is 24.0 Å². The number of amides is 1. The summed E-state index contributed by atoms with van der Waals surface area (Å²) in [6.45, 7) is 11.2. The Morgan fingerprint density at radius 3 is 2.07 bits per heavy atom. The quantitative estimate of drug-likeness (QED) is 0.854. The Morgan fingerprint density at radius 2 is 1.41 bits per heavy atom. The van der Waals surface area contributed by atoms with Crippen molar-refractivity contribution >= 4 is 11.6 Å². The molecule has 0 aliphatic carbocycles. The summed E-state index contributed by atoms with van der Waals surface area (Å²) in [6, 6.07) is 5.89. The smallest absolute Gasteiger partial charge is 0.256 e. The van der Waals surface area contributed by atoms with Crippen LogP contribution in [0.4, 0.5) is 5.69 Å². The molecule has 3 aliphatic heterocycles. The van der Waals surface area contributed by atoms with Crippen LogP contribution in [0.3, 0.4) is 0 Å². The molecule has 1 amide bonds. The second kappa shape index (κ2) is 6.25. The molecule has 0 unspecified atom stereocenters. The number of hydrogen-bond donors (Lipinski definition) is 1. The van der Waals surface area contributed by atoms with Gasteiger partial charge in [-0.1, -0.05) is 6.07 Å². The minimum atomic E-state index is -0.864. The minimum absolute atomic E-state index is 0.289. The van der Waals surface area contributed by atoms with E-state index in [-0.39, 0.29) is 5.91 Å². The molecule has 1 aromatic rings. The van der Waals surface area contributed by atoms with Crippen LogP contribution < -0.4 is 5.32 Å². The fraction of sp³-hybridized carbons (Fsp3) is 0.650. The van der Waals surface area contributed by atoms with E-state index in [0.717, 1.165) is 16.8 Å². The molecule has 27 heavy (non-hydrogen) atoms. The van der Waals surface area contributed by atoms with Gasteiger partial charge in [0.05, 0.1) is 0 Å². The number of ether oxygens (including phenoxy) is 5. The third kappa shape index (κ3) is 3.62. The van der Waals surface area contributed by atoms with Gasteiger partial charge >= 0.3 is 0 Å². The van der Waals surface area contributed by atoms with Gasteiger partial charge in [0, 0.05) is 5.69 Å². The SMILES string of the molecule is Cc1cc(C)cc(NC(=O)[C@H]2O[C@H]3OC(C)(C)O[C@@H]3[C@H]3OC(C)(C)O[C@@H]32)c1. The Bertz CT molecular complexity index is 741. The third-order valence-corrected chi connectivity index (χ3v) is 4.90. The second-order valence-electron chi connectivity index (χ2n) is 8.46. The van der Waals surface area contributed by atoms with Crippen molar-refractivity contribution in [2.45, 2.75) is 83.8 Å². The van der Waals surface area contributed by atoms with E-state index in [9.17, 15) is 4.79 Å². The fourth-order valence-electron chi connectivity index (χ4n) is 4.08. The Kier molecular flexibility index (Phi) is 4.36. The van der Waals surface area contributed by atoms with E-state index in [1.807, 2.05) is 53.7 Å². The van der Waals surface area contributed by atoms with E-state index in [0.29, 0.717) is 0 Å². The summed E-state index contributed by atoms with van der Waals surface area (Å²) < 4.78 is 29.8. The molecular weight excluding hydrogens is 350 g/mol. The van der Waals surface area contributed by atoms with Crippen molar-refractivity contribution in [1.82, 2.24) is 0 Å². The zero-order valence-electron chi connectivity index (χ0n) is 16.6. The van der Waals surface area contributed by atoms with E-state index in [4.69, 9.17) is 23.7 Å². The van der Waals surface area contributed by atoms with Crippen LogP contribution in [0.5, 0.6) is 0 Å². The predicted octanol–water partition coefficient (Wildman–Crippen LogP) is 2.64. The van der Waals surface area contributed by atoms with Gasteiger partial charge in [-0.3, -0.25) is 4.79 Å². The standard InChI is InChI=1S/C20H27NO6/c1-10-7-11(2)9-12(8-10)21-17(22)15-13-14(25-19(3,4)24-13)16-18(23-15)27-20(5,6)26-16/h7-9,13-16,18H,1-6H3,(H,21,22)/t13-,14-,15-,16+,18-/m0/s1. The summed E-state index contributed by atoms with van der Waals surface area (Å²) in [7, 11) is 0. The van der Waals surface area contributed by atoms with E-state index in [1.54, 1.807) is 0 Å². The van der Waals surface area contributed by atoms with Crippen molar-refractivity contribution < 1.29 is 28.5 Å². The van der Waals surface area contributed by atoms with E-state index in [2.05, 4.69) is 11.4 Å². The van der Waals surface area contributed by atoms with E-state index in [1.165, 1.54) is 0 Å². The van der Waals surface area contributed by atoms with Crippen LogP contribution in [0.2, 0.25) is 0 Å². The van der Waals surface area contributed by atoms with Crippen LogP contribution in [-0.4, -0.2) is 48.2 Å². The van der Waals surface area contributed by atoms with Gasteiger partial charge in [0.2, 0.25) is 0 Å². The fourth-order valence-corrected chi connectivity index (χ4v) is 4.08. The molecule has 0 radical (unpaired) electrons. The zero-order chi connectivity index (χ0) is 19.6. The lowest BCUT2D eigenvalue weighted by molar-refractivity contribution is -0.229. The van der Waals surface area contributed by atoms with Gasteiger partial charge < -0.3 is 29.0 Å². The van der Waals surface area contributed by atoms with Gasteiger partial charge in [0.25, 0.3) is 5.91 Å². The normalized spacial score (nSPS) is 36.1. The molecule has 3 saturated heterocycles. The van der Waals surface area contributed by atoms with Crippen LogP contribution in [-0.2, 0) is 28.5 Å². The number of anilines is 1. The number of hydrogen-bond acceptors (Lipinski definition) is 6. The summed E-state index contributed by atoms with van der Waals surface area (Å²) in [5, 5.41) is 2.94. The lowest BCUT2D eigenvalue weighted by atomic mass is 9.98.